The van der Waals surface area contributed by atoms with E-state index in [1.807, 2.05) is 19.1 Å². The number of carbonyl (C=O) groups excluding carboxylic acids is 1. The van der Waals surface area contributed by atoms with Gasteiger partial charge in [0, 0.05) is 0 Å². The molecule has 96 valence electrons. The molecule has 1 fully saturated rings. The quantitative estimate of drug-likeness (QED) is 0.642. The fourth-order valence-electron chi connectivity index (χ4n) is 2.29. The van der Waals surface area contributed by atoms with Gasteiger partial charge in [-0.3, -0.25) is 0 Å². The molecule has 0 radical (unpaired) electrons. The fourth-order valence-corrected chi connectivity index (χ4v) is 2.29. The summed E-state index contributed by atoms with van der Waals surface area (Å²) in [5.41, 5.74) is 2.26. The molecule has 0 atom stereocenters. The highest BCUT2D eigenvalue weighted by atomic mass is 16.3. The second-order valence-electron chi connectivity index (χ2n) is 6.17. The predicted molar refractivity (Wildman–Crippen MR) is 70.6 cm³/mol. The molecule has 1 aromatic carbocycles. The zero-order chi connectivity index (χ0) is 13.6. The van der Waals surface area contributed by atoms with Crippen molar-refractivity contribution in [1.29, 1.82) is 0 Å². The van der Waals surface area contributed by atoms with Crippen LogP contribution in [0.2, 0.25) is 0 Å². The first kappa shape index (κ1) is 12.8. The fraction of sp³-hybridized carbons (Fsp3) is 0.533. The minimum atomic E-state index is -0.375. The van der Waals surface area contributed by atoms with Gasteiger partial charge in [-0.2, -0.15) is 4.99 Å². The van der Waals surface area contributed by atoms with Crippen LogP contribution in [-0.4, -0.2) is 11.2 Å². The number of aromatic hydroxyl groups is 1. The molecule has 0 spiro atoms. The first-order valence-corrected chi connectivity index (χ1v) is 6.24. The molecule has 1 aliphatic carbocycles. The molecule has 18 heavy (non-hydrogen) atoms. The van der Waals surface area contributed by atoms with Gasteiger partial charge in [0.2, 0.25) is 6.08 Å². The number of hydrogen-bond donors (Lipinski definition) is 1. The number of rotatable bonds is 2. The molecule has 2 rings (SSSR count). The third-order valence-electron chi connectivity index (χ3n) is 3.63. The highest BCUT2D eigenvalue weighted by Gasteiger charge is 2.45. The SMILES string of the molecule is Cc1cc(C2(N=C=O)CC2)cc(C(C)(C)C)c1O. The van der Waals surface area contributed by atoms with Crippen molar-refractivity contribution in [1.82, 2.24) is 0 Å². The Morgan fingerprint density at radius 1 is 1.33 bits per heavy atom. The number of isocyanates is 1. The molecular weight excluding hydrogens is 226 g/mol. The molecule has 0 bridgehead atoms. The van der Waals surface area contributed by atoms with Crippen molar-refractivity contribution in [2.45, 2.75) is 51.5 Å². The summed E-state index contributed by atoms with van der Waals surface area (Å²) >= 11 is 0. The van der Waals surface area contributed by atoms with E-state index in [1.165, 1.54) is 0 Å². The largest absolute Gasteiger partial charge is 0.507 e. The van der Waals surface area contributed by atoms with Gasteiger partial charge in [-0.25, -0.2) is 4.79 Å². The zero-order valence-electron chi connectivity index (χ0n) is 11.4. The van der Waals surface area contributed by atoms with E-state index in [2.05, 4.69) is 25.8 Å². The van der Waals surface area contributed by atoms with Gasteiger partial charge in [0.25, 0.3) is 0 Å². The van der Waals surface area contributed by atoms with Crippen LogP contribution in [0.5, 0.6) is 5.75 Å². The first-order valence-electron chi connectivity index (χ1n) is 6.24. The molecule has 1 aliphatic rings. The zero-order valence-corrected chi connectivity index (χ0v) is 11.4. The van der Waals surface area contributed by atoms with Crippen molar-refractivity contribution in [3.8, 4) is 5.75 Å². The minimum absolute atomic E-state index is 0.133. The van der Waals surface area contributed by atoms with E-state index in [0.717, 1.165) is 29.5 Å². The predicted octanol–water partition coefficient (Wildman–Crippen LogP) is 3.32. The third kappa shape index (κ3) is 2.06. The Kier molecular flexibility index (Phi) is 2.83. The molecule has 0 unspecified atom stereocenters. The van der Waals surface area contributed by atoms with Crippen LogP contribution in [0.1, 0.15) is 50.3 Å². The molecule has 1 aromatic rings. The van der Waals surface area contributed by atoms with Gasteiger partial charge in [0.15, 0.2) is 0 Å². The molecule has 0 aliphatic heterocycles. The molecule has 1 N–H and O–H groups in total. The van der Waals surface area contributed by atoms with Crippen molar-refractivity contribution < 1.29 is 9.90 Å². The Labute approximate surface area is 108 Å². The van der Waals surface area contributed by atoms with Crippen molar-refractivity contribution in [3.05, 3.63) is 28.8 Å². The van der Waals surface area contributed by atoms with Crippen LogP contribution < -0.4 is 0 Å². The van der Waals surface area contributed by atoms with Gasteiger partial charge in [0.1, 0.15) is 5.75 Å². The summed E-state index contributed by atoms with van der Waals surface area (Å²) in [6, 6.07) is 3.91. The molecule has 0 saturated heterocycles. The Balaban J connectivity index is 2.59. The maximum absolute atomic E-state index is 10.5. The summed E-state index contributed by atoms with van der Waals surface area (Å²) in [6.45, 7) is 8.07. The van der Waals surface area contributed by atoms with Crippen LogP contribution in [0.15, 0.2) is 17.1 Å². The van der Waals surface area contributed by atoms with Crippen LogP contribution in [0.3, 0.4) is 0 Å². The number of aliphatic imine (C=N–C) groups is 1. The van der Waals surface area contributed by atoms with Gasteiger partial charge in [0.05, 0.1) is 5.54 Å². The molecule has 0 aromatic heterocycles. The Morgan fingerprint density at radius 2 is 1.94 bits per heavy atom. The van der Waals surface area contributed by atoms with Crippen molar-refractivity contribution >= 4 is 6.08 Å². The number of phenolic OH excluding ortho intramolecular Hbond substituents is 1. The lowest BCUT2D eigenvalue weighted by Gasteiger charge is -2.23. The lowest BCUT2D eigenvalue weighted by atomic mass is 9.83. The summed E-state index contributed by atoms with van der Waals surface area (Å²) in [5, 5.41) is 10.2. The maximum Gasteiger partial charge on any atom is 0.235 e. The van der Waals surface area contributed by atoms with E-state index in [-0.39, 0.29) is 11.0 Å². The molecule has 3 heteroatoms. The molecule has 0 amide bonds. The summed E-state index contributed by atoms with van der Waals surface area (Å²) in [7, 11) is 0. The van der Waals surface area contributed by atoms with Crippen LogP contribution in [0, 0.1) is 6.92 Å². The number of hydrogen-bond acceptors (Lipinski definition) is 3. The standard InChI is InChI=1S/C15H19NO2/c1-10-7-11(15(5-6-15)16-9-17)8-12(13(10)18)14(2,3)4/h7-8,18H,5-6H2,1-4H3. The van der Waals surface area contributed by atoms with Crippen LogP contribution in [-0.2, 0) is 15.7 Å². The summed E-state index contributed by atoms with van der Waals surface area (Å²) < 4.78 is 0. The second-order valence-corrected chi connectivity index (χ2v) is 6.17. The van der Waals surface area contributed by atoms with E-state index in [4.69, 9.17) is 0 Å². The molecular formula is C15H19NO2. The van der Waals surface area contributed by atoms with Gasteiger partial charge < -0.3 is 5.11 Å². The summed E-state index contributed by atoms with van der Waals surface area (Å²) in [5.74, 6) is 0.345. The van der Waals surface area contributed by atoms with Crippen molar-refractivity contribution in [3.63, 3.8) is 0 Å². The topological polar surface area (TPSA) is 49.7 Å². The van der Waals surface area contributed by atoms with Crippen LogP contribution in [0.4, 0.5) is 0 Å². The van der Waals surface area contributed by atoms with Crippen LogP contribution >= 0.6 is 0 Å². The van der Waals surface area contributed by atoms with E-state index in [9.17, 15) is 9.90 Å². The average Bonchev–Trinajstić information content (AvgIpc) is 3.01. The number of nitrogens with zero attached hydrogens (tertiary/aromatic N) is 1. The summed E-state index contributed by atoms with van der Waals surface area (Å²) in [4.78, 5) is 14.5. The monoisotopic (exact) mass is 245 g/mol. The molecule has 3 nitrogen and oxygen atoms in total. The maximum atomic E-state index is 10.5. The number of aryl methyl sites for hydroxylation is 1. The van der Waals surface area contributed by atoms with Crippen molar-refractivity contribution in [2.24, 2.45) is 4.99 Å². The normalized spacial score (nSPS) is 17.1. The van der Waals surface area contributed by atoms with E-state index >= 15 is 0 Å². The third-order valence-corrected chi connectivity index (χ3v) is 3.63. The van der Waals surface area contributed by atoms with Gasteiger partial charge in [-0.05, 0) is 54.0 Å². The molecule has 1 saturated carbocycles. The van der Waals surface area contributed by atoms with Crippen molar-refractivity contribution in [2.75, 3.05) is 0 Å². The highest BCUT2D eigenvalue weighted by molar-refractivity contribution is 5.51. The Hall–Kier alpha value is -1.60. The molecule has 0 heterocycles. The number of phenols is 1. The average molecular weight is 245 g/mol. The van der Waals surface area contributed by atoms with E-state index < -0.39 is 0 Å². The summed E-state index contributed by atoms with van der Waals surface area (Å²) in [6.07, 6.45) is 3.44. The van der Waals surface area contributed by atoms with Crippen LogP contribution in [0.25, 0.3) is 0 Å². The smallest absolute Gasteiger partial charge is 0.235 e. The lowest BCUT2D eigenvalue weighted by Crippen LogP contribution is -2.14. The second kappa shape index (κ2) is 3.96. The Morgan fingerprint density at radius 3 is 2.39 bits per heavy atom. The van der Waals surface area contributed by atoms with Gasteiger partial charge >= 0.3 is 0 Å². The number of benzene rings is 1. The highest BCUT2D eigenvalue weighted by Crippen LogP contribution is 2.51. The van der Waals surface area contributed by atoms with Gasteiger partial charge in [-0.1, -0.05) is 20.8 Å². The first-order chi connectivity index (χ1) is 8.30. The van der Waals surface area contributed by atoms with Gasteiger partial charge in [-0.15, -0.1) is 0 Å². The van der Waals surface area contributed by atoms with E-state index in [1.54, 1.807) is 6.08 Å². The lowest BCUT2D eigenvalue weighted by molar-refractivity contribution is 0.441. The Bertz CT molecular complexity index is 530. The minimum Gasteiger partial charge on any atom is -0.507 e. The van der Waals surface area contributed by atoms with E-state index in [0.29, 0.717) is 5.75 Å².